The van der Waals surface area contributed by atoms with Crippen LogP contribution in [0.3, 0.4) is 0 Å². The van der Waals surface area contributed by atoms with E-state index in [-0.39, 0.29) is 25.0 Å². The molecule has 0 aliphatic carbocycles. The van der Waals surface area contributed by atoms with Gasteiger partial charge in [0.25, 0.3) is 0 Å². The lowest BCUT2D eigenvalue weighted by molar-refractivity contribution is 0.244. The Balaban J connectivity index is 2.14. The Hall–Kier alpha value is -2.59. The summed E-state index contributed by atoms with van der Waals surface area (Å²) < 4.78 is 5.57. The van der Waals surface area contributed by atoms with E-state index in [0.29, 0.717) is 16.6 Å². The molecule has 0 atom stereocenters. The largest absolute Gasteiger partial charge is 0.438 e. The smallest absolute Gasteiger partial charge is 0.321 e. The van der Waals surface area contributed by atoms with Crippen molar-refractivity contribution in [2.75, 3.05) is 18.5 Å². The quantitative estimate of drug-likeness (QED) is 0.404. The van der Waals surface area contributed by atoms with E-state index in [1.54, 1.807) is 11.4 Å². The molecule has 0 saturated heterocycles. The summed E-state index contributed by atoms with van der Waals surface area (Å²) in [4.78, 5) is 19.6. The maximum Gasteiger partial charge on any atom is 0.321 e. The third kappa shape index (κ3) is 3.96. The van der Waals surface area contributed by atoms with E-state index in [4.69, 9.17) is 21.0 Å². The maximum absolute atomic E-state index is 11.5. The number of nitrogens with two attached hydrogens (primary N) is 2. The van der Waals surface area contributed by atoms with Crippen molar-refractivity contribution in [2.24, 2.45) is 16.5 Å². The average molecular weight is 324 g/mol. The second kappa shape index (κ2) is 6.91. The van der Waals surface area contributed by atoms with Gasteiger partial charge in [-0.25, -0.2) is 9.78 Å². The van der Waals surface area contributed by atoms with Gasteiger partial charge in [-0.1, -0.05) is 0 Å². The van der Waals surface area contributed by atoms with Crippen LogP contribution in [0.2, 0.25) is 0 Å². The molecule has 2 aromatic heterocycles. The highest BCUT2D eigenvalue weighted by Gasteiger charge is 2.14. The van der Waals surface area contributed by atoms with Crippen LogP contribution in [0.4, 0.5) is 15.8 Å². The molecule has 0 aromatic carbocycles. The summed E-state index contributed by atoms with van der Waals surface area (Å²) in [5, 5.41) is 15.8. The first-order valence-corrected chi connectivity index (χ1v) is 7.19. The van der Waals surface area contributed by atoms with Crippen molar-refractivity contribution in [3.63, 3.8) is 0 Å². The van der Waals surface area contributed by atoms with Gasteiger partial charge in [-0.05, 0) is 12.5 Å². The van der Waals surface area contributed by atoms with Crippen LogP contribution in [0, 0.1) is 6.92 Å². The number of aliphatic hydroxyl groups is 1. The minimum atomic E-state index is -0.464. The minimum Gasteiger partial charge on any atom is -0.438 e. The van der Waals surface area contributed by atoms with Gasteiger partial charge in [-0.15, -0.1) is 11.3 Å². The number of carbonyl (C=O) groups excluding carboxylic acids is 1. The fraction of sp³-hybridized carbons (Fsp3) is 0.250. The van der Waals surface area contributed by atoms with E-state index >= 15 is 0 Å². The molecular formula is C12H16N6O3S. The zero-order chi connectivity index (χ0) is 16.1. The third-order valence-electron chi connectivity index (χ3n) is 2.50. The van der Waals surface area contributed by atoms with Gasteiger partial charge in [0.15, 0.2) is 11.7 Å². The van der Waals surface area contributed by atoms with Crippen molar-refractivity contribution in [1.82, 2.24) is 10.3 Å². The number of aryl methyl sites for hydroxylation is 1. The van der Waals surface area contributed by atoms with Crippen molar-refractivity contribution in [2.45, 2.75) is 6.92 Å². The van der Waals surface area contributed by atoms with E-state index < -0.39 is 6.03 Å². The van der Waals surface area contributed by atoms with Crippen LogP contribution in [0.1, 0.15) is 5.56 Å². The molecule has 0 radical (unpaired) electrons. The van der Waals surface area contributed by atoms with Crippen molar-refractivity contribution in [3.05, 3.63) is 17.0 Å². The molecular weight excluding hydrogens is 308 g/mol. The number of aliphatic imine (C=N–C) groups is 1. The van der Waals surface area contributed by atoms with Crippen molar-refractivity contribution in [3.8, 4) is 11.5 Å². The number of urea groups is 1. The number of guanidine groups is 1. The molecule has 2 heterocycles. The van der Waals surface area contributed by atoms with Gasteiger partial charge < -0.3 is 26.3 Å². The number of nitrogens with zero attached hydrogens (tertiary/aromatic N) is 2. The number of rotatable bonds is 5. The highest BCUT2D eigenvalue weighted by atomic mass is 32.1. The van der Waals surface area contributed by atoms with Gasteiger partial charge in [0.05, 0.1) is 6.61 Å². The van der Waals surface area contributed by atoms with Crippen LogP contribution in [-0.2, 0) is 0 Å². The summed E-state index contributed by atoms with van der Waals surface area (Å²) in [6.45, 7) is 1.85. The average Bonchev–Trinajstić information content (AvgIpc) is 3.02. The number of furan rings is 1. The molecule has 0 aliphatic rings. The molecule has 0 fully saturated rings. The molecule has 0 aliphatic heterocycles. The molecule has 0 unspecified atom stereocenters. The molecule has 118 valence electrons. The van der Waals surface area contributed by atoms with Crippen LogP contribution in [-0.4, -0.2) is 35.2 Å². The summed E-state index contributed by atoms with van der Waals surface area (Å²) in [6, 6.07) is 1.21. The standard InChI is InChI=1S/C12H16N6O3S/c1-6-4-8(17-11(20)15-2-3-19)21-9(6)7-5-22-12(16-7)18-10(13)14/h4-5,19H,2-3H2,1H3,(H2,15,17,20)(H4,13,14,16,18). The predicted octanol–water partition coefficient (Wildman–Crippen LogP) is 0.730. The predicted molar refractivity (Wildman–Crippen MR) is 84.1 cm³/mol. The fourth-order valence-electron chi connectivity index (χ4n) is 1.65. The summed E-state index contributed by atoms with van der Waals surface area (Å²) >= 11 is 1.27. The number of nitrogens with one attached hydrogen (secondary N) is 2. The molecule has 10 heteroatoms. The van der Waals surface area contributed by atoms with Gasteiger partial charge in [-0.3, -0.25) is 5.32 Å². The first-order chi connectivity index (χ1) is 10.5. The molecule has 2 amide bonds. The van der Waals surface area contributed by atoms with E-state index in [1.165, 1.54) is 11.3 Å². The lowest BCUT2D eigenvalue weighted by Crippen LogP contribution is -2.30. The number of carbonyl (C=O) groups is 1. The second-order valence-corrected chi connectivity index (χ2v) is 5.12. The molecule has 2 rings (SSSR count). The highest BCUT2D eigenvalue weighted by molar-refractivity contribution is 7.13. The number of amides is 2. The second-order valence-electron chi connectivity index (χ2n) is 4.28. The summed E-state index contributed by atoms with van der Waals surface area (Å²) in [5.41, 5.74) is 12.0. The van der Waals surface area contributed by atoms with Gasteiger partial charge in [0, 0.05) is 18.0 Å². The van der Waals surface area contributed by atoms with Crippen LogP contribution >= 0.6 is 11.3 Å². The SMILES string of the molecule is Cc1cc(NC(=O)NCCO)oc1-c1csc(N=C(N)N)n1. The molecule has 7 N–H and O–H groups in total. The van der Waals surface area contributed by atoms with Gasteiger partial charge in [0.1, 0.15) is 5.69 Å². The first-order valence-electron chi connectivity index (χ1n) is 6.31. The number of hydrogen-bond donors (Lipinski definition) is 5. The van der Waals surface area contributed by atoms with Crippen LogP contribution in [0.15, 0.2) is 20.9 Å². The monoisotopic (exact) mass is 324 g/mol. The van der Waals surface area contributed by atoms with Crippen LogP contribution in [0.25, 0.3) is 11.5 Å². The van der Waals surface area contributed by atoms with Gasteiger partial charge >= 0.3 is 6.03 Å². The Kier molecular flexibility index (Phi) is 4.96. The molecule has 9 nitrogen and oxygen atoms in total. The third-order valence-corrected chi connectivity index (χ3v) is 3.24. The number of aliphatic hydroxyl groups excluding tert-OH is 1. The Labute approximate surface area is 130 Å². The van der Waals surface area contributed by atoms with Gasteiger partial charge in [0.2, 0.25) is 11.0 Å². The Morgan fingerprint density at radius 2 is 2.32 bits per heavy atom. The number of hydrogen-bond acceptors (Lipinski definition) is 6. The van der Waals surface area contributed by atoms with E-state index in [0.717, 1.165) is 5.56 Å². The van der Waals surface area contributed by atoms with Crippen molar-refractivity contribution in [1.29, 1.82) is 0 Å². The fourth-order valence-corrected chi connectivity index (χ4v) is 2.34. The summed E-state index contributed by atoms with van der Waals surface area (Å²) in [6.07, 6.45) is 0. The number of anilines is 1. The number of thiazole rings is 1. The van der Waals surface area contributed by atoms with Crippen LogP contribution < -0.4 is 22.1 Å². The summed E-state index contributed by atoms with van der Waals surface area (Å²) in [5.74, 6) is 0.727. The zero-order valence-corrected chi connectivity index (χ0v) is 12.6. The minimum absolute atomic E-state index is 0.0695. The maximum atomic E-state index is 11.5. The highest BCUT2D eigenvalue weighted by Crippen LogP contribution is 2.32. The van der Waals surface area contributed by atoms with Crippen LogP contribution in [0.5, 0.6) is 0 Å². The van der Waals surface area contributed by atoms with E-state index in [2.05, 4.69) is 20.6 Å². The zero-order valence-electron chi connectivity index (χ0n) is 11.8. The molecule has 0 saturated carbocycles. The van der Waals surface area contributed by atoms with Gasteiger partial charge in [-0.2, -0.15) is 4.99 Å². The Morgan fingerprint density at radius 3 is 3.00 bits per heavy atom. The molecule has 0 spiro atoms. The van der Waals surface area contributed by atoms with E-state index in [9.17, 15) is 4.79 Å². The molecule has 22 heavy (non-hydrogen) atoms. The first kappa shape index (κ1) is 15.8. The molecule has 2 aromatic rings. The van der Waals surface area contributed by atoms with Crippen molar-refractivity contribution >= 4 is 34.3 Å². The lowest BCUT2D eigenvalue weighted by Gasteiger charge is -2.02. The number of aromatic nitrogens is 1. The molecule has 0 bridgehead atoms. The Bertz CT molecular complexity index is 689. The summed E-state index contributed by atoms with van der Waals surface area (Å²) in [7, 11) is 0. The topological polar surface area (TPSA) is 152 Å². The lowest BCUT2D eigenvalue weighted by atomic mass is 10.2. The van der Waals surface area contributed by atoms with Crippen molar-refractivity contribution < 1.29 is 14.3 Å². The van der Waals surface area contributed by atoms with E-state index in [1.807, 2.05) is 6.92 Å². The Morgan fingerprint density at radius 1 is 1.55 bits per heavy atom. The normalized spacial score (nSPS) is 10.3.